The average Bonchev–Trinajstić information content (AvgIpc) is 3.40. The number of sulfonamides is 1. The van der Waals surface area contributed by atoms with E-state index in [1.165, 1.54) is 19.9 Å². The van der Waals surface area contributed by atoms with Crippen molar-refractivity contribution in [2.45, 2.75) is 32.4 Å². The van der Waals surface area contributed by atoms with Crippen LogP contribution in [0.5, 0.6) is 0 Å². The van der Waals surface area contributed by atoms with E-state index in [1.807, 2.05) is 4.72 Å². The maximum absolute atomic E-state index is 15.1. The first-order chi connectivity index (χ1) is 16.8. The van der Waals surface area contributed by atoms with Crippen LogP contribution in [0, 0.1) is 24.4 Å². The molecule has 36 heavy (non-hydrogen) atoms. The summed E-state index contributed by atoms with van der Waals surface area (Å²) in [6, 6.07) is 0.284. The quantitative estimate of drug-likeness (QED) is 0.398. The molecule has 1 aliphatic rings. The van der Waals surface area contributed by atoms with E-state index in [2.05, 4.69) is 10.1 Å². The fraction of sp³-hybridized carbons (Fsp3) is 0.286. The summed E-state index contributed by atoms with van der Waals surface area (Å²) in [5, 5.41) is 3.54. The maximum Gasteiger partial charge on any atom is 0.334 e. The third-order valence-electron chi connectivity index (χ3n) is 5.89. The molecule has 15 heteroatoms. The molecular formula is C21H16F5N5O4S. The molecule has 0 spiro atoms. The Labute approximate surface area is 199 Å². The fourth-order valence-electron chi connectivity index (χ4n) is 4.18. The van der Waals surface area contributed by atoms with Gasteiger partial charge in [0.25, 0.3) is 5.71 Å². The van der Waals surface area contributed by atoms with Gasteiger partial charge in [0.1, 0.15) is 29.2 Å². The van der Waals surface area contributed by atoms with Crippen LogP contribution in [0.1, 0.15) is 18.3 Å². The first-order valence-corrected chi connectivity index (χ1v) is 12.1. The van der Waals surface area contributed by atoms with Crippen LogP contribution >= 0.6 is 0 Å². The van der Waals surface area contributed by atoms with Crippen LogP contribution in [-0.4, -0.2) is 39.5 Å². The van der Waals surface area contributed by atoms with Gasteiger partial charge in [-0.15, -0.1) is 0 Å². The van der Waals surface area contributed by atoms with Crippen molar-refractivity contribution in [3.63, 3.8) is 0 Å². The number of aromatic nitrogens is 4. The topological polar surface area (TPSA) is 112 Å². The van der Waals surface area contributed by atoms with Gasteiger partial charge >= 0.3 is 11.6 Å². The van der Waals surface area contributed by atoms with Crippen LogP contribution in [-0.2, 0) is 22.5 Å². The first-order valence-electron chi connectivity index (χ1n) is 10.5. The normalized spacial score (nSPS) is 17.1. The lowest BCUT2D eigenvalue weighted by atomic mass is 10.0. The second kappa shape index (κ2) is 7.96. The summed E-state index contributed by atoms with van der Waals surface area (Å²) in [6.07, 6.45) is 0.751. The molecule has 3 aromatic heterocycles. The molecule has 0 aliphatic carbocycles. The Morgan fingerprint density at radius 3 is 2.47 bits per heavy atom. The predicted molar refractivity (Wildman–Crippen MR) is 116 cm³/mol. The van der Waals surface area contributed by atoms with Crippen molar-refractivity contribution in [2.75, 3.05) is 5.75 Å². The molecule has 1 aromatic carbocycles. The maximum atomic E-state index is 15.1. The van der Waals surface area contributed by atoms with Crippen LogP contribution < -0.4 is 10.4 Å². The van der Waals surface area contributed by atoms with E-state index in [1.54, 1.807) is 0 Å². The Hall–Kier alpha value is -3.59. The fourth-order valence-corrected chi connectivity index (χ4v) is 5.00. The Morgan fingerprint density at radius 1 is 1.19 bits per heavy atom. The molecule has 1 atom stereocenters. The molecule has 4 heterocycles. The molecule has 0 bridgehead atoms. The lowest BCUT2D eigenvalue weighted by molar-refractivity contribution is -0.0248. The van der Waals surface area contributed by atoms with Crippen LogP contribution in [0.15, 0.2) is 33.7 Å². The van der Waals surface area contributed by atoms with Crippen molar-refractivity contribution < 1.29 is 34.9 Å². The third-order valence-corrected chi connectivity index (χ3v) is 7.29. The van der Waals surface area contributed by atoms with Crippen LogP contribution in [0.2, 0.25) is 0 Å². The number of benzene rings is 1. The van der Waals surface area contributed by atoms with Crippen molar-refractivity contribution in [3.8, 4) is 16.9 Å². The third kappa shape index (κ3) is 3.61. The van der Waals surface area contributed by atoms with Crippen molar-refractivity contribution in [2.24, 2.45) is 0 Å². The minimum absolute atomic E-state index is 0.178. The zero-order chi connectivity index (χ0) is 26.2. The standard InChI is InChI=1S/C21H16F5N5O4S/c1-3-36(33,34)29-14-7-30-15(21(14,25)26)8-31(20(30)32)18-17-11(4-9(2)27-19(17)35-28-18)16-12(23)5-10(22)6-13(16)24/h4-6,8,14,29H,3,7H2,1-2H3/t14-/m1/s1. The van der Waals surface area contributed by atoms with Gasteiger partial charge in [-0.2, -0.15) is 8.78 Å². The van der Waals surface area contributed by atoms with Gasteiger partial charge < -0.3 is 4.52 Å². The molecule has 0 fully saturated rings. The molecule has 0 unspecified atom stereocenters. The number of halogens is 5. The number of hydrogen-bond donors (Lipinski definition) is 1. The van der Waals surface area contributed by atoms with E-state index in [0.29, 0.717) is 21.3 Å². The number of fused-ring (bicyclic) bond motifs is 2. The van der Waals surface area contributed by atoms with Crippen LogP contribution in [0.3, 0.4) is 0 Å². The summed E-state index contributed by atoms with van der Waals surface area (Å²) >= 11 is 0. The number of rotatable bonds is 5. The van der Waals surface area contributed by atoms with E-state index < -0.39 is 68.7 Å². The highest BCUT2D eigenvalue weighted by Gasteiger charge is 2.52. The molecule has 5 rings (SSSR count). The Bertz CT molecular complexity index is 1690. The van der Waals surface area contributed by atoms with Gasteiger partial charge in [0.2, 0.25) is 10.0 Å². The number of aryl methyl sites for hydroxylation is 1. The second-order valence-electron chi connectivity index (χ2n) is 8.22. The molecule has 0 radical (unpaired) electrons. The highest BCUT2D eigenvalue weighted by Crippen LogP contribution is 2.40. The van der Waals surface area contributed by atoms with Gasteiger partial charge in [-0.25, -0.2) is 40.7 Å². The summed E-state index contributed by atoms with van der Waals surface area (Å²) in [6.45, 7) is 2.09. The molecule has 9 nitrogen and oxygen atoms in total. The van der Waals surface area contributed by atoms with E-state index in [0.717, 1.165) is 6.20 Å². The van der Waals surface area contributed by atoms with Gasteiger partial charge in [-0.3, -0.25) is 4.57 Å². The summed E-state index contributed by atoms with van der Waals surface area (Å²) < 4.78 is 105. The number of nitrogens with zero attached hydrogens (tertiary/aromatic N) is 4. The molecule has 4 aromatic rings. The Kier molecular flexibility index (Phi) is 5.33. The lowest BCUT2D eigenvalue weighted by Gasteiger charge is -2.19. The minimum atomic E-state index is -4.00. The molecule has 190 valence electrons. The summed E-state index contributed by atoms with van der Waals surface area (Å²) in [7, 11) is -4.00. The number of pyridine rings is 1. The SMILES string of the molecule is CCS(=O)(=O)N[C@@H]1Cn2c(cn(-c3noc4nc(C)cc(-c5c(F)cc(F)cc5F)c34)c2=O)C1(F)F. The van der Waals surface area contributed by atoms with Gasteiger partial charge in [0.15, 0.2) is 5.82 Å². The van der Waals surface area contributed by atoms with Gasteiger partial charge in [-0.05, 0) is 19.9 Å². The second-order valence-corrected chi connectivity index (χ2v) is 10.3. The van der Waals surface area contributed by atoms with Gasteiger partial charge in [0, 0.05) is 29.6 Å². The van der Waals surface area contributed by atoms with E-state index in [4.69, 9.17) is 4.52 Å². The zero-order valence-electron chi connectivity index (χ0n) is 18.5. The van der Waals surface area contributed by atoms with E-state index in [-0.39, 0.29) is 28.2 Å². The molecule has 1 N–H and O–H groups in total. The largest absolute Gasteiger partial charge is 0.334 e. The number of imidazole rings is 1. The highest BCUT2D eigenvalue weighted by molar-refractivity contribution is 7.89. The van der Waals surface area contributed by atoms with Crippen molar-refractivity contribution in [1.82, 2.24) is 24.0 Å². The van der Waals surface area contributed by atoms with Gasteiger partial charge in [-0.1, -0.05) is 5.16 Å². The predicted octanol–water partition coefficient (Wildman–Crippen LogP) is 2.98. The van der Waals surface area contributed by atoms with E-state index in [9.17, 15) is 26.4 Å². The number of hydrogen-bond acceptors (Lipinski definition) is 6. The lowest BCUT2D eigenvalue weighted by Crippen LogP contribution is -2.45. The zero-order valence-corrected chi connectivity index (χ0v) is 19.3. The van der Waals surface area contributed by atoms with Crippen LogP contribution in [0.25, 0.3) is 28.0 Å². The average molecular weight is 529 g/mol. The van der Waals surface area contributed by atoms with Crippen LogP contribution in [0.4, 0.5) is 22.0 Å². The Morgan fingerprint density at radius 2 is 1.86 bits per heavy atom. The molecule has 1 aliphatic heterocycles. The summed E-state index contributed by atoms with van der Waals surface area (Å²) in [5.74, 6) is -8.25. The monoisotopic (exact) mass is 529 g/mol. The smallest absolute Gasteiger partial charge is 0.334 e. The van der Waals surface area contributed by atoms with Gasteiger partial charge in [0.05, 0.1) is 23.2 Å². The molecule has 0 saturated heterocycles. The first kappa shape index (κ1) is 24.1. The van der Waals surface area contributed by atoms with E-state index >= 15 is 8.78 Å². The van der Waals surface area contributed by atoms with Crippen molar-refractivity contribution in [1.29, 1.82) is 0 Å². The Balaban J connectivity index is 1.70. The number of alkyl halides is 2. The molecule has 0 amide bonds. The highest BCUT2D eigenvalue weighted by atomic mass is 32.2. The number of nitrogens with one attached hydrogen (secondary N) is 1. The minimum Gasteiger partial charge on any atom is -0.334 e. The summed E-state index contributed by atoms with van der Waals surface area (Å²) in [5.41, 5.74) is -2.68. The summed E-state index contributed by atoms with van der Waals surface area (Å²) in [4.78, 5) is 17.2. The van der Waals surface area contributed by atoms with Crippen molar-refractivity contribution in [3.05, 3.63) is 63.7 Å². The van der Waals surface area contributed by atoms with Crippen molar-refractivity contribution >= 4 is 21.1 Å². The molecular weight excluding hydrogens is 513 g/mol. The molecule has 0 saturated carbocycles.